The first-order valence-corrected chi connectivity index (χ1v) is 15.3. The lowest BCUT2D eigenvalue weighted by Crippen LogP contribution is -2.58. The maximum atomic E-state index is 14.5. The minimum absolute atomic E-state index is 0.0433. The molecule has 4 rings (SSSR count). The highest BCUT2D eigenvalue weighted by atomic mass is 16.5. The molecule has 3 amide bonds. The van der Waals surface area contributed by atoms with Crippen LogP contribution in [0.4, 0.5) is 0 Å². The summed E-state index contributed by atoms with van der Waals surface area (Å²) in [6.45, 7) is 11.9. The Kier molecular flexibility index (Phi) is 10.3. The number of amides is 3. The van der Waals surface area contributed by atoms with E-state index >= 15 is 0 Å². The van der Waals surface area contributed by atoms with E-state index in [1.165, 1.54) is 6.42 Å². The Balaban J connectivity index is 1.66. The predicted octanol–water partition coefficient (Wildman–Crippen LogP) is 3.69. The van der Waals surface area contributed by atoms with Crippen molar-refractivity contribution in [3.8, 4) is 0 Å². The zero-order chi connectivity index (χ0) is 28.0. The second kappa shape index (κ2) is 13.4. The van der Waals surface area contributed by atoms with E-state index in [4.69, 9.17) is 9.84 Å². The van der Waals surface area contributed by atoms with Crippen LogP contribution in [0.2, 0.25) is 0 Å². The number of rotatable bonds is 15. The Labute approximate surface area is 234 Å². The van der Waals surface area contributed by atoms with Crippen molar-refractivity contribution in [3.05, 3.63) is 25.3 Å². The molecular formula is C31H49N3O5. The van der Waals surface area contributed by atoms with Gasteiger partial charge in [0.2, 0.25) is 17.7 Å². The molecule has 3 aliphatic heterocycles. The number of fused-ring (bicyclic) bond motifs is 1. The topological polar surface area (TPSA) is 90.4 Å². The van der Waals surface area contributed by atoms with Crippen LogP contribution >= 0.6 is 0 Å². The second-order valence-corrected chi connectivity index (χ2v) is 11.9. The molecule has 218 valence electrons. The maximum absolute atomic E-state index is 14.5. The SMILES string of the molecule is C=CCN(CCC)C(=O)[C@@H]1[C@@H]2CCC3(O2)C(C(=O)N(CC=C)C2CCCCC2)N(CCCCCCO)C(=O)[C@H]13. The number of hydrogen-bond acceptors (Lipinski definition) is 5. The number of nitrogens with zero attached hydrogens (tertiary/aromatic N) is 3. The van der Waals surface area contributed by atoms with Gasteiger partial charge in [0.1, 0.15) is 11.6 Å². The fourth-order valence-electron chi connectivity index (χ4n) is 7.74. The molecule has 8 heteroatoms. The van der Waals surface area contributed by atoms with Gasteiger partial charge in [-0.25, -0.2) is 0 Å². The third-order valence-corrected chi connectivity index (χ3v) is 9.41. The van der Waals surface area contributed by atoms with Crippen molar-refractivity contribution < 1.29 is 24.2 Å². The van der Waals surface area contributed by atoms with Crippen LogP contribution in [0.3, 0.4) is 0 Å². The fraction of sp³-hybridized carbons (Fsp3) is 0.774. The molecule has 1 spiro atoms. The van der Waals surface area contributed by atoms with Crippen LogP contribution in [0.5, 0.6) is 0 Å². The Morgan fingerprint density at radius 1 is 1.05 bits per heavy atom. The number of aliphatic hydroxyl groups is 1. The molecule has 0 radical (unpaired) electrons. The molecule has 0 aromatic carbocycles. The van der Waals surface area contributed by atoms with Crippen molar-refractivity contribution in [2.24, 2.45) is 11.8 Å². The van der Waals surface area contributed by atoms with Gasteiger partial charge in [-0.2, -0.15) is 0 Å². The van der Waals surface area contributed by atoms with Gasteiger partial charge in [-0.1, -0.05) is 51.2 Å². The highest BCUT2D eigenvalue weighted by Gasteiger charge is 2.74. The summed E-state index contributed by atoms with van der Waals surface area (Å²) < 4.78 is 6.68. The van der Waals surface area contributed by atoms with Gasteiger partial charge in [0.05, 0.1) is 17.9 Å². The molecule has 3 saturated heterocycles. The number of ether oxygens (including phenoxy) is 1. The first kappa shape index (κ1) is 29.8. The van der Waals surface area contributed by atoms with Gasteiger partial charge in [-0.05, 0) is 44.9 Å². The third kappa shape index (κ3) is 5.69. The molecule has 2 bridgehead atoms. The zero-order valence-electron chi connectivity index (χ0n) is 23.9. The lowest BCUT2D eigenvalue weighted by molar-refractivity contribution is -0.150. The number of hydrogen-bond donors (Lipinski definition) is 1. The zero-order valence-corrected chi connectivity index (χ0v) is 23.9. The summed E-state index contributed by atoms with van der Waals surface area (Å²) in [5, 5.41) is 9.17. The van der Waals surface area contributed by atoms with E-state index in [1.54, 1.807) is 22.0 Å². The first-order chi connectivity index (χ1) is 18.9. The first-order valence-electron chi connectivity index (χ1n) is 15.3. The molecule has 4 aliphatic rings. The molecule has 8 nitrogen and oxygen atoms in total. The van der Waals surface area contributed by atoms with Crippen molar-refractivity contribution in [1.29, 1.82) is 0 Å². The average molecular weight is 544 g/mol. The van der Waals surface area contributed by atoms with Crippen LogP contribution in [0.25, 0.3) is 0 Å². The van der Waals surface area contributed by atoms with E-state index in [0.717, 1.165) is 57.8 Å². The van der Waals surface area contributed by atoms with Crippen molar-refractivity contribution in [1.82, 2.24) is 14.7 Å². The molecule has 4 fully saturated rings. The lowest BCUT2D eigenvalue weighted by atomic mass is 9.70. The minimum Gasteiger partial charge on any atom is -0.396 e. The maximum Gasteiger partial charge on any atom is 0.248 e. The molecule has 5 atom stereocenters. The summed E-state index contributed by atoms with van der Waals surface area (Å²) in [4.78, 5) is 48.2. The van der Waals surface area contributed by atoms with Crippen LogP contribution in [0.15, 0.2) is 25.3 Å². The third-order valence-electron chi connectivity index (χ3n) is 9.41. The number of likely N-dealkylation sites (tertiary alicyclic amines) is 1. The highest BCUT2D eigenvalue weighted by Crippen LogP contribution is 2.59. The molecule has 1 saturated carbocycles. The van der Waals surface area contributed by atoms with Crippen molar-refractivity contribution in [3.63, 3.8) is 0 Å². The van der Waals surface area contributed by atoms with Crippen LogP contribution in [-0.4, -0.2) is 94.1 Å². The summed E-state index contributed by atoms with van der Waals surface area (Å²) in [5.41, 5.74) is -0.954. The molecule has 2 unspecified atom stereocenters. The minimum atomic E-state index is -0.954. The molecule has 0 aromatic heterocycles. The van der Waals surface area contributed by atoms with E-state index in [-0.39, 0.29) is 36.5 Å². The number of unbranched alkanes of at least 4 members (excludes halogenated alkanes) is 3. The Morgan fingerprint density at radius 3 is 2.44 bits per heavy atom. The number of aliphatic hydroxyl groups excluding tert-OH is 1. The average Bonchev–Trinajstić information content (AvgIpc) is 3.58. The van der Waals surface area contributed by atoms with Gasteiger partial charge in [-0.15, -0.1) is 13.2 Å². The molecule has 1 aliphatic carbocycles. The summed E-state index contributed by atoms with van der Waals surface area (Å²) in [5.74, 6) is -1.38. The lowest BCUT2D eigenvalue weighted by Gasteiger charge is -2.40. The van der Waals surface area contributed by atoms with Crippen LogP contribution < -0.4 is 0 Å². The van der Waals surface area contributed by atoms with Crippen molar-refractivity contribution >= 4 is 17.7 Å². The van der Waals surface area contributed by atoms with Crippen LogP contribution in [0, 0.1) is 11.8 Å². The standard InChI is InChI=1S/C31H49N3O5/c1-4-18-32(19-5-2)28(36)25-24-16-17-31(39-24)26(25)29(37)34(21-12-7-8-13-22-35)27(31)30(38)33(20-6-3)23-14-10-9-11-15-23/h4,6,23-27,35H,1,3,5,7-22H2,2H3/t24-,25+,26-,27?,31?/m0/s1. The highest BCUT2D eigenvalue weighted by molar-refractivity contribution is 5.99. The molecule has 1 N–H and O–H groups in total. The smallest absolute Gasteiger partial charge is 0.248 e. The van der Waals surface area contributed by atoms with Crippen LogP contribution in [-0.2, 0) is 19.1 Å². The van der Waals surface area contributed by atoms with Gasteiger partial charge < -0.3 is 24.5 Å². The van der Waals surface area contributed by atoms with Gasteiger partial charge >= 0.3 is 0 Å². The largest absolute Gasteiger partial charge is 0.396 e. The van der Waals surface area contributed by atoms with Gasteiger partial charge in [0.25, 0.3) is 0 Å². The van der Waals surface area contributed by atoms with Gasteiger partial charge in [0, 0.05) is 38.8 Å². The van der Waals surface area contributed by atoms with E-state index < -0.39 is 23.5 Å². The molecule has 39 heavy (non-hydrogen) atoms. The van der Waals surface area contributed by atoms with E-state index in [0.29, 0.717) is 39.0 Å². The molecule has 3 heterocycles. The number of carbonyl (C=O) groups excluding carboxylic acids is 3. The van der Waals surface area contributed by atoms with Gasteiger partial charge in [0.15, 0.2) is 0 Å². The normalized spacial score (nSPS) is 29.9. The van der Waals surface area contributed by atoms with E-state index in [1.807, 2.05) is 11.8 Å². The Morgan fingerprint density at radius 2 is 1.77 bits per heavy atom. The van der Waals surface area contributed by atoms with Crippen molar-refractivity contribution in [2.45, 2.75) is 108 Å². The van der Waals surface area contributed by atoms with Crippen LogP contribution in [0.1, 0.15) is 84.0 Å². The Bertz CT molecular complexity index is 903. The molecular weight excluding hydrogens is 494 g/mol. The fourth-order valence-corrected chi connectivity index (χ4v) is 7.74. The summed E-state index contributed by atoms with van der Waals surface area (Å²) in [7, 11) is 0. The van der Waals surface area contributed by atoms with Gasteiger partial charge in [-0.3, -0.25) is 14.4 Å². The van der Waals surface area contributed by atoms with Crippen molar-refractivity contribution in [2.75, 3.05) is 32.8 Å². The molecule has 0 aromatic rings. The summed E-state index contributed by atoms with van der Waals surface area (Å²) in [6, 6.07) is -0.568. The number of carbonyl (C=O) groups is 3. The Hall–Kier alpha value is -2.19. The summed E-state index contributed by atoms with van der Waals surface area (Å²) in [6.07, 6.45) is 13.9. The predicted molar refractivity (Wildman–Crippen MR) is 151 cm³/mol. The van der Waals surface area contributed by atoms with E-state index in [9.17, 15) is 14.4 Å². The summed E-state index contributed by atoms with van der Waals surface area (Å²) >= 11 is 0. The van der Waals surface area contributed by atoms with E-state index in [2.05, 4.69) is 13.2 Å². The quantitative estimate of drug-likeness (QED) is 0.251. The second-order valence-electron chi connectivity index (χ2n) is 11.9. The monoisotopic (exact) mass is 543 g/mol.